The maximum Gasteiger partial charge on any atom is 0.343 e. The summed E-state index contributed by atoms with van der Waals surface area (Å²) in [5, 5.41) is 0.528. The summed E-state index contributed by atoms with van der Waals surface area (Å²) in [7, 11) is 0. The van der Waals surface area contributed by atoms with Gasteiger partial charge in [-0.05, 0) is 62.6 Å². The van der Waals surface area contributed by atoms with Gasteiger partial charge in [-0.2, -0.15) is 0 Å². The molecule has 0 radical (unpaired) electrons. The smallest absolute Gasteiger partial charge is 0.343 e. The van der Waals surface area contributed by atoms with Crippen LogP contribution in [0.15, 0.2) is 41.3 Å². The average Bonchev–Trinajstić information content (AvgIpc) is 2.63. The molecule has 5 heteroatoms. The van der Waals surface area contributed by atoms with Crippen LogP contribution in [-0.4, -0.2) is 22.1 Å². The number of benzene rings is 1. The van der Waals surface area contributed by atoms with E-state index in [4.69, 9.17) is 4.74 Å². The minimum absolute atomic E-state index is 0.0844. The lowest BCUT2D eigenvalue weighted by molar-refractivity contribution is 0.0524. The van der Waals surface area contributed by atoms with Gasteiger partial charge in [0.05, 0.1) is 12.1 Å². The quantitative estimate of drug-likeness (QED) is 0.635. The monoisotopic (exact) mass is 364 g/mol. The van der Waals surface area contributed by atoms with E-state index in [0.717, 1.165) is 34.5 Å². The van der Waals surface area contributed by atoms with E-state index in [9.17, 15) is 9.59 Å². The predicted octanol–water partition coefficient (Wildman–Crippen LogP) is 4.27. The summed E-state index contributed by atoms with van der Waals surface area (Å²) < 4.78 is 7.02. The highest BCUT2D eigenvalue weighted by atomic mass is 16.5. The Morgan fingerprint density at radius 3 is 2.41 bits per heavy atom. The first-order valence-corrected chi connectivity index (χ1v) is 9.24. The zero-order valence-corrected chi connectivity index (χ0v) is 16.2. The Morgan fingerprint density at radius 1 is 1.07 bits per heavy atom. The minimum atomic E-state index is -0.571. The van der Waals surface area contributed by atoms with Crippen LogP contribution in [0.3, 0.4) is 0 Å². The number of carbonyl (C=O) groups excluding carboxylic acids is 1. The van der Waals surface area contributed by atoms with Crippen molar-refractivity contribution < 1.29 is 9.53 Å². The summed E-state index contributed by atoms with van der Waals surface area (Å²) in [6.07, 6.45) is 2.51. The summed E-state index contributed by atoms with van der Waals surface area (Å²) in [4.78, 5) is 29.4. The molecular weight excluding hydrogens is 340 g/mol. The molecule has 27 heavy (non-hydrogen) atoms. The second kappa shape index (κ2) is 7.74. The molecule has 2 heterocycles. The van der Waals surface area contributed by atoms with Crippen LogP contribution in [0.5, 0.6) is 0 Å². The SMILES string of the molecule is CCCn1cc(C(=O)OCC)c(=O)c2ccc(-c3cc(C)nc(C)c3)cc21. The van der Waals surface area contributed by atoms with E-state index in [1.807, 2.05) is 42.7 Å². The van der Waals surface area contributed by atoms with Gasteiger partial charge in [-0.25, -0.2) is 4.79 Å². The number of esters is 1. The number of carbonyl (C=O) groups is 1. The Morgan fingerprint density at radius 2 is 1.78 bits per heavy atom. The molecular formula is C22H24N2O3. The summed E-state index contributed by atoms with van der Waals surface area (Å²) >= 11 is 0. The van der Waals surface area contributed by atoms with Crippen molar-refractivity contribution >= 4 is 16.9 Å². The number of hydrogen-bond donors (Lipinski definition) is 0. The van der Waals surface area contributed by atoms with Crippen molar-refractivity contribution in [2.45, 2.75) is 40.7 Å². The highest BCUT2D eigenvalue weighted by Crippen LogP contribution is 2.25. The first-order chi connectivity index (χ1) is 12.9. The second-order valence-electron chi connectivity index (χ2n) is 6.66. The van der Waals surface area contributed by atoms with Crippen molar-refractivity contribution in [3.63, 3.8) is 0 Å². The van der Waals surface area contributed by atoms with Crippen molar-refractivity contribution in [3.8, 4) is 11.1 Å². The van der Waals surface area contributed by atoms with Crippen LogP contribution in [0, 0.1) is 13.8 Å². The molecule has 0 fully saturated rings. The highest BCUT2D eigenvalue weighted by Gasteiger charge is 2.17. The molecule has 0 aliphatic rings. The molecule has 3 aromatic rings. The van der Waals surface area contributed by atoms with Gasteiger partial charge in [0.2, 0.25) is 5.43 Å². The molecule has 0 atom stereocenters. The van der Waals surface area contributed by atoms with E-state index < -0.39 is 5.97 Å². The molecule has 0 unspecified atom stereocenters. The fraction of sp³-hybridized carbons (Fsp3) is 0.318. The van der Waals surface area contributed by atoms with Crippen molar-refractivity contribution in [2.24, 2.45) is 0 Å². The van der Waals surface area contributed by atoms with Crippen LogP contribution in [0.2, 0.25) is 0 Å². The van der Waals surface area contributed by atoms with Crippen molar-refractivity contribution in [1.29, 1.82) is 0 Å². The van der Waals surface area contributed by atoms with Gasteiger partial charge in [-0.1, -0.05) is 13.0 Å². The second-order valence-corrected chi connectivity index (χ2v) is 6.66. The summed E-state index contributed by atoms with van der Waals surface area (Å²) in [5.74, 6) is -0.571. The third-order valence-corrected chi connectivity index (χ3v) is 4.46. The Hall–Kier alpha value is -2.95. The molecule has 0 spiro atoms. The van der Waals surface area contributed by atoms with Gasteiger partial charge in [0.1, 0.15) is 5.56 Å². The van der Waals surface area contributed by atoms with Crippen LogP contribution < -0.4 is 5.43 Å². The van der Waals surface area contributed by atoms with E-state index in [-0.39, 0.29) is 17.6 Å². The maximum absolute atomic E-state index is 12.8. The van der Waals surface area contributed by atoms with E-state index >= 15 is 0 Å². The third-order valence-electron chi connectivity index (χ3n) is 4.46. The number of rotatable bonds is 5. The molecule has 0 bridgehead atoms. The third kappa shape index (κ3) is 3.77. The van der Waals surface area contributed by atoms with E-state index in [2.05, 4.69) is 11.9 Å². The number of aryl methyl sites for hydroxylation is 3. The van der Waals surface area contributed by atoms with Crippen LogP contribution in [0.1, 0.15) is 42.0 Å². The van der Waals surface area contributed by atoms with Crippen molar-refractivity contribution in [2.75, 3.05) is 6.61 Å². The lowest BCUT2D eigenvalue weighted by Gasteiger charge is -2.14. The molecule has 0 amide bonds. The largest absolute Gasteiger partial charge is 0.462 e. The molecule has 0 saturated heterocycles. The highest BCUT2D eigenvalue weighted by molar-refractivity contribution is 5.94. The van der Waals surface area contributed by atoms with Crippen LogP contribution in [0.25, 0.3) is 22.0 Å². The van der Waals surface area contributed by atoms with E-state index in [1.165, 1.54) is 0 Å². The van der Waals surface area contributed by atoms with E-state index in [0.29, 0.717) is 11.9 Å². The molecule has 0 saturated carbocycles. The number of nitrogens with zero attached hydrogens (tertiary/aromatic N) is 2. The zero-order valence-electron chi connectivity index (χ0n) is 16.2. The summed E-state index contributed by atoms with van der Waals surface area (Å²) in [6, 6.07) is 9.79. The zero-order chi connectivity index (χ0) is 19.6. The van der Waals surface area contributed by atoms with Gasteiger partial charge < -0.3 is 9.30 Å². The van der Waals surface area contributed by atoms with Gasteiger partial charge in [0, 0.05) is 29.5 Å². The average molecular weight is 364 g/mol. The Kier molecular flexibility index (Phi) is 5.40. The number of fused-ring (bicyclic) bond motifs is 1. The Labute approximate surface area is 158 Å². The predicted molar refractivity (Wildman–Crippen MR) is 107 cm³/mol. The van der Waals surface area contributed by atoms with Gasteiger partial charge in [0.25, 0.3) is 0 Å². The van der Waals surface area contributed by atoms with Crippen molar-refractivity contribution in [1.82, 2.24) is 9.55 Å². The summed E-state index contributed by atoms with van der Waals surface area (Å²) in [5.41, 5.74) is 4.60. The standard InChI is InChI=1S/C22H24N2O3/c1-5-9-24-13-19(22(26)27-6-2)21(25)18-8-7-16(12-20(18)24)17-10-14(3)23-15(4)11-17/h7-8,10-13H,5-6,9H2,1-4H3. The first-order valence-electron chi connectivity index (χ1n) is 9.24. The number of ether oxygens (including phenoxy) is 1. The van der Waals surface area contributed by atoms with Crippen molar-refractivity contribution in [3.05, 3.63) is 63.7 Å². The lowest BCUT2D eigenvalue weighted by atomic mass is 10.0. The molecule has 2 aromatic heterocycles. The lowest BCUT2D eigenvalue weighted by Crippen LogP contribution is -2.21. The van der Waals surface area contributed by atoms with E-state index in [1.54, 1.807) is 19.2 Å². The fourth-order valence-corrected chi connectivity index (χ4v) is 3.35. The van der Waals surface area contributed by atoms with Crippen LogP contribution in [0.4, 0.5) is 0 Å². The minimum Gasteiger partial charge on any atom is -0.462 e. The molecule has 140 valence electrons. The van der Waals surface area contributed by atoms with Gasteiger partial charge in [-0.15, -0.1) is 0 Å². The fourth-order valence-electron chi connectivity index (χ4n) is 3.35. The first kappa shape index (κ1) is 18.8. The Balaban J connectivity index is 2.23. The topological polar surface area (TPSA) is 61.2 Å². The normalized spacial score (nSPS) is 11.0. The molecule has 5 nitrogen and oxygen atoms in total. The van der Waals surface area contributed by atoms with Gasteiger partial charge in [-0.3, -0.25) is 9.78 Å². The van der Waals surface area contributed by atoms with Crippen LogP contribution >= 0.6 is 0 Å². The maximum atomic E-state index is 12.8. The molecule has 3 rings (SSSR count). The van der Waals surface area contributed by atoms with Crippen LogP contribution in [-0.2, 0) is 11.3 Å². The number of aromatic nitrogens is 2. The number of hydrogen-bond acceptors (Lipinski definition) is 4. The molecule has 0 aliphatic carbocycles. The summed E-state index contributed by atoms with van der Waals surface area (Å²) in [6.45, 7) is 8.68. The molecule has 0 aliphatic heterocycles. The molecule has 1 aromatic carbocycles. The van der Waals surface area contributed by atoms with Gasteiger partial charge >= 0.3 is 5.97 Å². The Bertz CT molecular complexity index is 1050. The number of pyridine rings is 2. The molecule has 0 N–H and O–H groups in total. The van der Waals surface area contributed by atoms with Gasteiger partial charge in [0.15, 0.2) is 0 Å².